The number of hydrogen-bond acceptors (Lipinski definition) is 5. The molecule has 1 saturated heterocycles. The Morgan fingerprint density at radius 3 is 2.68 bits per heavy atom. The fraction of sp³-hybridized carbons (Fsp3) is 0.474. The van der Waals surface area contributed by atoms with E-state index in [0.29, 0.717) is 18.4 Å². The average molecular weight is 391 g/mol. The number of imide groups is 1. The maximum atomic E-state index is 13.2. The molecular formula is C19H22FN3O5. The lowest BCUT2D eigenvalue weighted by Gasteiger charge is -2.20. The third kappa shape index (κ3) is 4.13. The molecule has 2 aliphatic rings. The van der Waals surface area contributed by atoms with Crippen LogP contribution in [0, 0.1) is 5.82 Å². The summed E-state index contributed by atoms with van der Waals surface area (Å²) in [5.41, 5.74) is -0.290. The van der Waals surface area contributed by atoms with E-state index in [4.69, 9.17) is 4.74 Å². The maximum Gasteiger partial charge on any atom is 0.326 e. The molecule has 0 aromatic heterocycles. The summed E-state index contributed by atoms with van der Waals surface area (Å²) in [6, 6.07) is 5.22. The predicted octanol–water partition coefficient (Wildman–Crippen LogP) is 1.19. The highest BCUT2D eigenvalue weighted by atomic mass is 19.1. The van der Waals surface area contributed by atoms with E-state index in [1.54, 1.807) is 6.07 Å². The van der Waals surface area contributed by atoms with Gasteiger partial charge in [-0.3, -0.25) is 19.3 Å². The number of halogens is 1. The van der Waals surface area contributed by atoms with Crippen LogP contribution >= 0.6 is 0 Å². The van der Waals surface area contributed by atoms with E-state index in [-0.39, 0.29) is 6.54 Å². The molecule has 1 aliphatic heterocycles. The fourth-order valence-corrected chi connectivity index (χ4v) is 3.56. The lowest BCUT2D eigenvalue weighted by atomic mass is 9.98. The van der Waals surface area contributed by atoms with Crippen LogP contribution in [0.1, 0.15) is 31.2 Å². The van der Waals surface area contributed by atoms with Gasteiger partial charge in [-0.25, -0.2) is 9.18 Å². The molecule has 1 heterocycles. The monoisotopic (exact) mass is 391 g/mol. The van der Waals surface area contributed by atoms with Gasteiger partial charge in [-0.05, 0) is 30.5 Å². The number of rotatable bonds is 6. The minimum absolute atomic E-state index is 0.156. The molecule has 1 aromatic rings. The molecule has 1 saturated carbocycles. The van der Waals surface area contributed by atoms with Gasteiger partial charge in [0.1, 0.15) is 17.9 Å². The number of nitrogens with zero attached hydrogens (tertiary/aromatic N) is 2. The minimum Gasteiger partial charge on any atom is -0.454 e. The Kier molecular flexibility index (Phi) is 5.62. The highest BCUT2D eigenvalue weighted by Crippen LogP contribution is 2.34. The van der Waals surface area contributed by atoms with Crippen molar-refractivity contribution in [2.24, 2.45) is 0 Å². The van der Waals surface area contributed by atoms with Crippen LogP contribution in [-0.4, -0.2) is 59.4 Å². The number of carbonyl (C=O) groups is 4. The second kappa shape index (κ2) is 7.95. The first-order valence-corrected chi connectivity index (χ1v) is 9.09. The summed E-state index contributed by atoms with van der Waals surface area (Å²) in [5, 5.41) is 2.67. The molecule has 2 fully saturated rings. The van der Waals surface area contributed by atoms with Gasteiger partial charge in [-0.15, -0.1) is 0 Å². The molecule has 0 unspecified atom stereocenters. The van der Waals surface area contributed by atoms with Gasteiger partial charge in [0, 0.05) is 13.6 Å². The number of nitrogens with one attached hydrogen (secondary N) is 1. The van der Waals surface area contributed by atoms with Gasteiger partial charge in [-0.2, -0.15) is 0 Å². The Balaban J connectivity index is 1.48. The van der Waals surface area contributed by atoms with E-state index in [0.717, 1.165) is 17.7 Å². The molecule has 0 radical (unpaired) electrons. The van der Waals surface area contributed by atoms with E-state index in [1.165, 1.54) is 30.1 Å². The van der Waals surface area contributed by atoms with Gasteiger partial charge in [0.25, 0.3) is 11.8 Å². The normalized spacial score (nSPS) is 17.7. The van der Waals surface area contributed by atoms with Gasteiger partial charge in [-0.1, -0.05) is 25.0 Å². The molecule has 3 rings (SSSR count). The quantitative estimate of drug-likeness (QED) is 0.581. The maximum absolute atomic E-state index is 13.2. The van der Waals surface area contributed by atoms with E-state index in [1.807, 2.05) is 0 Å². The van der Waals surface area contributed by atoms with Crippen LogP contribution in [0.2, 0.25) is 0 Å². The lowest BCUT2D eigenvalue weighted by molar-refractivity contribution is -0.153. The van der Waals surface area contributed by atoms with Crippen LogP contribution in [0.3, 0.4) is 0 Å². The fourth-order valence-electron chi connectivity index (χ4n) is 3.56. The molecule has 1 N–H and O–H groups in total. The predicted molar refractivity (Wildman–Crippen MR) is 95.3 cm³/mol. The van der Waals surface area contributed by atoms with Crippen molar-refractivity contribution >= 4 is 23.8 Å². The van der Waals surface area contributed by atoms with Gasteiger partial charge < -0.3 is 15.0 Å². The van der Waals surface area contributed by atoms with E-state index in [2.05, 4.69) is 5.32 Å². The molecule has 1 spiro atoms. The van der Waals surface area contributed by atoms with Crippen LogP contribution in [0.4, 0.5) is 9.18 Å². The number of ether oxygens (including phenoxy) is 1. The van der Waals surface area contributed by atoms with E-state index in [9.17, 15) is 23.6 Å². The molecule has 8 nitrogen and oxygen atoms in total. The Hall–Kier alpha value is -2.97. The Morgan fingerprint density at radius 1 is 1.29 bits per heavy atom. The summed E-state index contributed by atoms with van der Waals surface area (Å²) >= 11 is 0. The van der Waals surface area contributed by atoms with Crippen molar-refractivity contribution in [3.8, 4) is 0 Å². The first-order chi connectivity index (χ1) is 13.3. The third-order valence-electron chi connectivity index (χ3n) is 5.08. The van der Waals surface area contributed by atoms with Gasteiger partial charge >= 0.3 is 12.0 Å². The molecule has 28 heavy (non-hydrogen) atoms. The van der Waals surface area contributed by atoms with Crippen molar-refractivity contribution < 1.29 is 28.3 Å². The number of urea groups is 1. The number of hydrogen-bond donors (Lipinski definition) is 1. The molecule has 0 atom stereocenters. The van der Waals surface area contributed by atoms with Crippen LogP contribution in [-0.2, 0) is 25.7 Å². The minimum atomic E-state index is -0.891. The average Bonchev–Trinajstić information content (AvgIpc) is 3.20. The highest BCUT2D eigenvalue weighted by Gasteiger charge is 2.52. The summed E-state index contributed by atoms with van der Waals surface area (Å²) < 4.78 is 18.1. The second-order valence-corrected chi connectivity index (χ2v) is 7.15. The summed E-state index contributed by atoms with van der Waals surface area (Å²) in [5.74, 6) is -2.15. The lowest BCUT2D eigenvalue weighted by Crippen LogP contribution is -2.44. The number of carbonyl (C=O) groups excluding carboxylic acids is 4. The molecular weight excluding hydrogens is 369 g/mol. The molecule has 1 aromatic carbocycles. The Morgan fingerprint density at radius 2 is 2.00 bits per heavy atom. The number of likely N-dealkylation sites (N-methyl/N-ethyl adjacent to an activating group) is 1. The molecule has 1 aliphatic carbocycles. The van der Waals surface area contributed by atoms with Crippen molar-refractivity contribution in [2.75, 3.05) is 20.2 Å². The zero-order chi connectivity index (χ0) is 20.3. The third-order valence-corrected chi connectivity index (χ3v) is 5.08. The Labute approximate surface area is 161 Å². The van der Waals surface area contributed by atoms with Gasteiger partial charge in [0.15, 0.2) is 6.61 Å². The smallest absolute Gasteiger partial charge is 0.326 e. The van der Waals surface area contributed by atoms with Crippen LogP contribution in [0.5, 0.6) is 0 Å². The number of benzene rings is 1. The second-order valence-electron chi connectivity index (χ2n) is 7.15. The molecule has 0 bridgehead atoms. The summed E-state index contributed by atoms with van der Waals surface area (Å²) in [4.78, 5) is 50.8. The largest absolute Gasteiger partial charge is 0.454 e. The van der Waals surface area contributed by atoms with Crippen molar-refractivity contribution in [2.45, 2.75) is 37.8 Å². The summed E-state index contributed by atoms with van der Waals surface area (Å²) in [6.07, 6.45) is 2.81. The van der Waals surface area contributed by atoms with Crippen molar-refractivity contribution in [3.05, 3.63) is 35.6 Å². The topological polar surface area (TPSA) is 96.0 Å². The Bertz CT molecular complexity index is 807. The molecule has 9 heteroatoms. The standard InChI is InChI=1S/C19H22FN3O5/c1-22(10-13-5-4-6-14(20)9-13)15(24)12-28-16(25)11-23-17(26)19(21-18(23)27)7-2-3-8-19/h4-6,9H,2-3,7-8,10-12H2,1H3,(H,21,27). The van der Waals surface area contributed by atoms with Crippen molar-refractivity contribution in [3.63, 3.8) is 0 Å². The first kappa shape index (κ1) is 19.8. The zero-order valence-electron chi connectivity index (χ0n) is 15.6. The van der Waals surface area contributed by atoms with Crippen molar-refractivity contribution in [1.29, 1.82) is 0 Å². The van der Waals surface area contributed by atoms with E-state index >= 15 is 0 Å². The van der Waals surface area contributed by atoms with E-state index < -0.39 is 48.3 Å². The zero-order valence-corrected chi connectivity index (χ0v) is 15.6. The highest BCUT2D eigenvalue weighted by molar-refractivity contribution is 6.08. The number of esters is 1. The summed E-state index contributed by atoms with van der Waals surface area (Å²) in [6.45, 7) is -0.906. The van der Waals surface area contributed by atoms with Crippen LogP contribution < -0.4 is 5.32 Å². The van der Waals surface area contributed by atoms with Crippen LogP contribution in [0.15, 0.2) is 24.3 Å². The first-order valence-electron chi connectivity index (χ1n) is 9.09. The molecule has 150 valence electrons. The van der Waals surface area contributed by atoms with Gasteiger partial charge in [0.05, 0.1) is 0 Å². The SMILES string of the molecule is CN(Cc1cccc(F)c1)C(=O)COC(=O)CN1C(=O)NC2(CCCC2)C1=O. The van der Waals surface area contributed by atoms with Crippen LogP contribution in [0.25, 0.3) is 0 Å². The summed E-state index contributed by atoms with van der Waals surface area (Å²) in [7, 11) is 1.50. The van der Waals surface area contributed by atoms with Gasteiger partial charge in [0.2, 0.25) is 0 Å². The van der Waals surface area contributed by atoms with Crippen molar-refractivity contribution in [1.82, 2.24) is 15.1 Å². The molecule has 4 amide bonds. The number of amides is 4.